The smallest absolute Gasteiger partial charge is 0.0611 e. The van der Waals surface area contributed by atoms with E-state index >= 15 is 0 Å². The maximum absolute atomic E-state index is 9.51. The Labute approximate surface area is 158 Å². The lowest BCUT2D eigenvalue weighted by molar-refractivity contribution is 0.198. The highest BCUT2D eigenvalue weighted by molar-refractivity contribution is 7.99. The second kappa shape index (κ2) is 7.62. The van der Waals surface area contributed by atoms with Crippen LogP contribution in [0.2, 0.25) is 0 Å². The van der Waals surface area contributed by atoms with Crippen molar-refractivity contribution in [3.63, 3.8) is 0 Å². The number of benzene rings is 1. The molecule has 0 heterocycles. The van der Waals surface area contributed by atoms with E-state index in [1.807, 2.05) is 0 Å². The van der Waals surface area contributed by atoms with Gasteiger partial charge in [-0.1, -0.05) is 39.0 Å². The summed E-state index contributed by atoms with van der Waals surface area (Å²) in [7, 11) is 0. The third-order valence-electron chi connectivity index (χ3n) is 5.88. The Morgan fingerprint density at radius 2 is 2.04 bits per heavy atom. The van der Waals surface area contributed by atoms with Crippen molar-refractivity contribution in [3.05, 3.63) is 34.9 Å². The summed E-state index contributed by atoms with van der Waals surface area (Å²) in [6, 6.07) is 7.15. The molecule has 2 nitrogen and oxygen atoms in total. The number of rotatable bonds is 5. The van der Waals surface area contributed by atoms with Gasteiger partial charge in [0, 0.05) is 5.54 Å². The number of aliphatic hydroxyl groups is 1. The van der Waals surface area contributed by atoms with Crippen molar-refractivity contribution >= 4 is 11.8 Å². The zero-order valence-corrected chi connectivity index (χ0v) is 17.0. The molecule has 2 aliphatic carbocycles. The van der Waals surface area contributed by atoms with E-state index in [9.17, 15) is 5.11 Å². The van der Waals surface area contributed by atoms with Gasteiger partial charge in [-0.15, -0.1) is 0 Å². The van der Waals surface area contributed by atoms with Crippen LogP contribution in [0.5, 0.6) is 0 Å². The van der Waals surface area contributed by atoms with Crippen molar-refractivity contribution in [2.45, 2.75) is 70.8 Å². The SMILES string of the molecule is CC(C)(C)CSCC1CCc2cc([C@H]3CC[C@](N)(CO)C3)ccc2C1. The third-order valence-corrected chi connectivity index (χ3v) is 7.66. The second-order valence-corrected chi connectivity index (χ2v) is 10.7. The molecular formula is C22H35NOS. The molecule has 0 amide bonds. The van der Waals surface area contributed by atoms with Crippen LogP contribution in [0.25, 0.3) is 0 Å². The average Bonchev–Trinajstić information content (AvgIpc) is 2.96. The molecule has 1 saturated carbocycles. The molecule has 2 aliphatic rings. The van der Waals surface area contributed by atoms with E-state index in [2.05, 4.69) is 50.7 Å². The van der Waals surface area contributed by atoms with Crippen LogP contribution in [0.1, 0.15) is 69.1 Å². The molecule has 3 atom stereocenters. The van der Waals surface area contributed by atoms with Gasteiger partial charge in [-0.25, -0.2) is 0 Å². The van der Waals surface area contributed by atoms with Crippen LogP contribution in [0, 0.1) is 11.3 Å². The molecule has 1 fully saturated rings. The van der Waals surface area contributed by atoms with Gasteiger partial charge < -0.3 is 10.8 Å². The van der Waals surface area contributed by atoms with Crippen LogP contribution in [0.3, 0.4) is 0 Å². The number of hydrogen-bond donors (Lipinski definition) is 2. The van der Waals surface area contributed by atoms with Crippen LogP contribution in [-0.2, 0) is 12.8 Å². The van der Waals surface area contributed by atoms with Gasteiger partial charge in [-0.05, 0) is 84.0 Å². The summed E-state index contributed by atoms with van der Waals surface area (Å²) in [5.41, 5.74) is 10.9. The summed E-state index contributed by atoms with van der Waals surface area (Å²) in [4.78, 5) is 0. The molecule has 0 saturated heterocycles. The molecule has 0 aromatic heterocycles. The largest absolute Gasteiger partial charge is 0.394 e. The van der Waals surface area contributed by atoms with Crippen LogP contribution in [0.15, 0.2) is 18.2 Å². The minimum atomic E-state index is -0.351. The average molecular weight is 362 g/mol. The molecule has 3 rings (SSSR count). The van der Waals surface area contributed by atoms with Gasteiger partial charge in [0.25, 0.3) is 0 Å². The Kier molecular flexibility index (Phi) is 5.87. The molecule has 1 aromatic rings. The first-order valence-corrected chi connectivity index (χ1v) is 11.0. The Morgan fingerprint density at radius 1 is 1.24 bits per heavy atom. The molecule has 0 spiro atoms. The highest BCUT2D eigenvalue weighted by Gasteiger charge is 2.36. The van der Waals surface area contributed by atoms with Crippen LogP contribution < -0.4 is 5.73 Å². The number of fused-ring (bicyclic) bond motifs is 1. The second-order valence-electron chi connectivity index (χ2n) is 9.67. The predicted molar refractivity (Wildman–Crippen MR) is 109 cm³/mol. The van der Waals surface area contributed by atoms with Gasteiger partial charge in [-0.2, -0.15) is 11.8 Å². The Morgan fingerprint density at radius 3 is 2.72 bits per heavy atom. The van der Waals surface area contributed by atoms with Gasteiger partial charge in [0.2, 0.25) is 0 Å². The minimum absolute atomic E-state index is 0.113. The zero-order chi connectivity index (χ0) is 18.1. The summed E-state index contributed by atoms with van der Waals surface area (Å²) in [6.07, 6.45) is 6.78. The van der Waals surface area contributed by atoms with Crippen molar-refractivity contribution in [3.8, 4) is 0 Å². The zero-order valence-electron chi connectivity index (χ0n) is 16.2. The molecule has 0 bridgehead atoms. The fourth-order valence-electron chi connectivity index (χ4n) is 4.36. The van der Waals surface area contributed by atoms with E-state index in [0.717, 1.165) is 25.2 Å². The lowest BCUT2D eigenvalue weighted by Gasteiger charge is -2.27. The number of aliphatic hydroxyl groups excluding tert-OH is 1. The first-order chi connectivity index (χ1) is 11.8. The molecule has 1 unspecified atom stereocenters. The quantitative estimate of drug-likeness (QED) is 0.810. The maximum Gasteiger partial charge on any atom is 0.0611 e. The van der Waals surface area contributed by atoms with Crippen LogP contribution in [-0.4, -0.2) is 28.8 Å². The van der Waals surface area contributed by atoms with Gasteiger partial charge in [-0.3, -0.25) is 0 Å². The Bertz CT molecular complexity index is 594. The molecular weight excluding hydrogens is 326 g/mol. The van der Waals surface area contributed by atoms with Crippen molar-refractivity contribution in [1.29, 1.82) is 0 Å². The number of nitrogens with two attached hydrogens (primary N) is 1. The first-order valence-electron chi connectivity index (χ1n) is 9.87. The van der Waals surface area contributed by atoms with E-state index in [1.54, 1.807) is 11.1 Å². The van der Waals surface area contributed by atoms with E-state index in [1.165, 1.54) is 36.3 Å². The van der Waals surface area contributed by atoms with E-state index < -0.39 is 0 Å². The van der Waals surface area contributed by atoms with Crippen molar-refractivity contribution in [2.75, 3.05) is 18.1 Å². The van der Waals surface area contributed by atoms with Crippen LogP contribution in [0.4, 0.5) is 0 Å². The standard InChI is InChI=1S/C22H35NOS/c1-21(2,3)15-25-13-16-4-5-18-11-19(7-6-17(18)10-16)20-8-9-22(23,12-20)14-24/h6-7,11,16,20,24H,4-5,8-10,12-15,23H2,1-3H3/t16?,20-,22+/m0/s1. The van der Waals surface area contributed by atoms with Crippen LogP contribution >= 0.6 is 11.8 Å². The molecule has 0 radical (unpaired) electrons. The molecule has 3 heteroatoms. The number of aryl methyl sites for hydroxylation is 1. The summed E-state index contributed by atoms with van der Waals surface area (Å²) in [6.45, 7) is 7.09. The highest BCUT2D eigenvalue weighted by Crippen LogP contribution is 2.40. The minimum Gasteiger partial charge on any atom is -0.394 e. The maximum atomic E-state index is 9.51. The predicted octanol–water partition coefficient (Wildman–Crippen LogP) is 4.53. The van der Waals surface area contributed by atoms with Crippen molar-refractivity contribution in [1.82, 2.24) is 0 Å². The van der Waals surface area contributed by atoms with Crippen molar-refractivity contribution < 1.29 is 5.11 Å². The molecule has 0 aliphatic heterocycles. The van der Waals surface area contributed by atoms with Crippen molar-refractivity contribution in [2.24, 2.45) is 17.1 Å². The molecule has 3 N–H and O–H groups in total. The van der Waals surface area contributed by atoms with E-state index in [4.69, 9.17) is 5.73 Å². The van der Waals surface area contributed by atoms with Gasteiger partial charge in [0.15, 0.2) is 0 Å². The molecule has 140 valence electrons. The third kappa shape index (κ3) is 5.02. The van der Waals surface area contributed by atoms with Gasteiger partial charge in [0.1, 0.15) is 0 Å². The Hall–Kier alpha value is -0.510. The van der Waals surface area contributed by atoms with Gasteiger partial charge in [0.05, 0.1) is 6.61 Å². The first kappa shape index (κ1) is 19.3. The van der Waals surface area contributed by atoms with E-state index in [0.29, 0.717) is 11.3 Å². The fraction of sp³-hybridized carbons (Fsp3) is 0.727. The van der Waals surface area contributed by atoms with E-state index in [-0.39, 0.29) is 12.1 Å². The lowest BCUT2D eigenvalue weighted by Crippen LogP contribution is -2.40. The summed E-state index contributed by atoms with van der Waals surface area (Å²) in [5.74, 6) is 3.92. The highest BCUT2D eigenvalue weighted by atomic mass is 32.2. The Balaban J connectivity index is 1.58. The fourth-order valence-corrected chi connectivity index (χ4v) is 5.71. The summed E-state index contributed by atoms with van der Waals surface area (Å²) in [5, 5.41) is 9.51. The number of thioether (sulfide) groups is 1. The molecule has 1 aromatic carbocycles. The topological polar surface area (TPSA) is 46.2 Å². The number of hydrogen-bond acceptors (Lipinski definition) is 3. The monoisotopic (exact) mass is 361 g/mol. The van der Waals surface area contributed by atoms with Gasteiger partial charge >= 0.3 is 0 Å². The summed E-state index contributed by atoms with van der Waals surface area (Å²) < 4.78 is 0. The normalized spacial score (nSPS) is 29.6. The summed E-state index contributed by atoms with van der Waals surface area (Å²) >= 11 is 2.13. The molecule has 25 heavy (non-hydrogen) atoms. The lowest BCUT2D eigenvalue weighted by atomic mass is 9.82.